The van der Waals surface area contributed by atoms with Gasteiger partial charge in [0.2, 0.25) is 5.91 Å². The van der Waals surface area contributed by atoms with E-state index in [1.165, 1.54) is 12.1 Å². The number of halogens is 3. The van der Waals surface area contributed by atoms with Gasteiger partial charge in [0.15, 0.2) is 0 Å². The van der Waals surface area contributed by atoms with Crippen LogP contribution in [0.4, 0.5) is 14.0 Å². The van der Waals surface area contributed by atoms with Crippen LogP contribution in [-0.4, -0.2) is 26.1 Å². The van der Waals surface area contributed by atoms with E-state index in [0.29, 0.717) is 0 Å². The molecule has 18 heavy (non-hydrogen) atoms. The van der Waals surface area contributed by atoms with Gasteiger partial charge >= 0.3 is 10.2 Å². The molecule has 0 aromatic heterocycles. The number of amides is 1. The normalized spacial score (nSPS) is 20.5. The summed E-state index contributed by atoms with van der Waals surface area (Å²) in [5.41, 5.74) is -0.101. The van der Waals surface area contributed by atoms with Crippen LogP contribution in [0.5, 0.6) is 0 Å². The molecule has 0 bridgehead atoms. The zero-order valence-electron chi connectivity index (χ0n) is 8.94. The number of nitrogens with zero attached hydrogens (tertiary/aromatic N) is 1. The molecule has 1 aromatic rings. The maximum absolute atomic E-state index is 13.6. The Morgan fingerprint density at radius 3 is 2.56 bits per heavy atom. The first kappa shape index (κ1) is 13.2. The first-order valence-electron chi connectivity index (χ1n) is 4.98. The average Bonchev–Trinajstić information content (AvgIpc) is 2.60. The van der Waals surface area contributed by atoms with Crippen LogP contribution in [0.15, 0.2) is 18.2 Å². The molecule has 1 heterocycles. The minimum Gasteiger partial charge on any atom is -0.308 e. The highest BCUT2D eigenvalue weighted by Crippen LogP contribution is 2.29. The molecular weight excluding hydrogens is 288 g/mol. The molecule has 2 rings (SSSR count). The molecule has 1 aromatic carbocycles. The second-order valence-corrected chi connectivity index (χ2v) is 5.96. The van der Waals surface area contributed by atoms with Crippen molar-refractivity contribution in [1.82, 2.24) is 0 Å². The van der Waals surface area contributed by atoms with E-state index < -0.39 is 40.2 Å². The Hall–Kier alpha value is -1.21. The molecule has 1 atom stereocenters. The van der Waals surface area contributed by atoms with Gasteiger partial charge in [-0.2, -0.15) is 8.42 Å². The van der Waals surface area contributed by atoms with Crippen LogP contribution in [0.3, 0.4) is 0 Å². The van der Waals surface area contributed by atoms with E-state index in [1.807, 2.05) is 0 Å². The number of carbonyl (C=O) groups excluding carboxylic acids is 1. The lowest BCUT2D eigenvalue weighted by molar-refractivity contribution is -0.117. The Kier molecular flexibility index (Phi) is 3.29. The molecule has 1 fully saturated rings. The van der Waals surface area contributed by atoms with Crippen LogP contribution in [-0.2, 0) is 15.0 Å². The summed E-state index contributed by atoms with van der Waals surface area (Å²) in [5, 5.41) is -1.29. The number of rotatable bonds is 2. The summed E-state index contributed by atoms with van der Waals surface area (Å²) in [7, 11) is -4.81. The summed E-state index contributed by atoms with van der Waals surface area (Å²) < 4.78 is 47.8. The van der Waals surface area contributed by atoms with Crippen LogP contribution >= 0.6 is 11.6 Å². The molecule has 98 valence electrons. The van der Waals surface area contributed by atoms with E-state index in [1.54, 1.807) is 0 Å². The van der Waals surface area contributed by atoms with Gasteiger partial charge in [-0.25, -0.2) is 4.39 Å². The minimum atomic E-state index is -4.81. The monoisotopic (exact) mass is 295 g/mol. The van der Waals surface area contributed by atoms with Gasteiger partial charge in [-0.15, -0.1) is 3.89 Å². The van der Waals surface area contributed by atoms with E-state index in [2.05, 4.69) is 0 Å². The number of benzene rings is 1. The van der Waals surface area contributed by atoms with Gasteiger partial charge < -0.3 is 4.90 Å². The number of carbonyl (C=O) groups is 1. The fourth-order valence-corrected chi connectivity index (χ4v) is 2.62. The molecule has 1 aliphatic rings. The quantitative estimate of drug-likeness (QED) is 0.783. The van der Waals surface area contributed by atoms with Crippen molar-refractivity contribution in [3.8, 4) is 0 Å². The highest BCUT2D eigenvalue weighted by Gasteiger charge is 2.39. The first-order valence-corrected chi connectivity index (χ1v) is 6.80. The van der Waals surface area contributed by atoms with E-state index in [4.69, 9.17) is 11.6 Å². The van der Waals surface area contributed by atoms with E-state index in [0.717, 1.165) is 11.0 Å². The maximum atomic E-state index is 13.6. The third kappa shape index (κ3) is 2.46. The molecule has 0 aliphatic carbocycles. The Morgan fingerprint density at radius 2 is 2.06 bits per heavy atom. The summed E-state index contributed by atoms with van der Waals surface area (Å²) in [6.07, 6.45) is -0.485. The third-order valence-electron chi connectivity index (χ3n) is 2.69. The molecule has 1 amide bonds. The lowest BCUT2D eigenvalue weighted by atomic mass is 10.3. The summed E-state index contributed by atoms with van der Waals surface area (Å²) in [5.74, 6) is -1.39. The molecular formula is C10H8ClF2NO3S. The molecule has 1 aliphatic heterocycles. The highest BCUT2D eigenvalue weighted by atomic mass is 35.5. The standard InChI is InChI=1S/C10H8ClF2NO3S/c11-6-1-2-9(8(12)3-6)14-5-7(4-10(14)15)18(13,16)17/h1-3,7H,4-5H2. The smallest absolute Gasteiger partial charge is 0.307 e. The maximum Gasteiger partial charge on any atom is 0.307 e. The largest absolute Gasteiger partial charge is 0.308 e. The highest BCUT2D eigenvalue weighted by molar-refractivity contribution is 7.87. The molecule has 0 spiro atoms. The Bertz CT molecular complexity index is 605. The van der Waals surface area contributed by atoms with E-state index in [9.17, 15) is 21.5 Å². The molecule has 0 saturated carbocycles. The van der Waals surface area contributed by atoms with Gasteiger partial charge in [0, 0.05) is 18.0 Å². The number of hydrogen-bond acceptors (Lipinski definition) is 3. The van der Waals surface area contributed by atoms with Crippen molar-refractivity contribution in [2.45, 2.75) is 11.7 Å². The van der Waals surface area contributed by atoms with Crippen molar-refractivity contribution in [2.24, 2.45) is 0 Å². The average molecular weight is 296 g/mol. The first-order chi connectivity index (χ1) is 8.29. The van der Waals surface area contributed by atoms with Crippen molar-refractivity contribution in [3.63, 3.8) is 0 Å². The van der Waals surface area contributed by atoms with Gasteiger partial charge in [-0.1, -0.05) is 11.6 Å². The molecule has 0 radical (unpaired) electrons. The fourth-order valence-electron chi connectivity index (χ4n) is 1.80. The number of anilines is 1. The fraction of sp³-hybridized carbons (Fsp3) is 0.300. The van der Waals surface area contributed by atoms with Crippen molar-refractivity contribution < 1.29 is 21.5 Å². The summed E-state index contributed by atoms with van der Waals surface area (Å²) in [4.78, 5) is 12.5. The lowest BCUT2D eigenvalue weighted by Gasteiger charge is -2.16. The molecule has 1 saturated heterocycles. The molecule has 8 heteroatoms. The predicted molar refractivity (Wildman–Crippen MR) is 62.2 cm³/mol. The van der Waals surface area contributed by atoms with Crippen molar-refractivity contribution in [2.75, 3.05) is 11.4 Å². The molecule has 1 unspecified atom stereocenters. The van der Waals surface area contributed by atoms with Crippen LogP contribution in [0, 0.1) is 5.82 Å². The second-order valence-electron chi connectivity index (χ2n) is 3.90. The van der Waals surface area contributed by atoms with E-state index in [-0.39, 0.29) is 10.7 Å². The predicted octanol–water partition coefficient (Wildman–Crippen LogP) is 1.88. The number of hydrogen-bond donors (Lipinski definition) is 0. The zero-order valence-corrected chi connectivity index (χ0v) is 10.5. The Balaban J connectivity index is 2.33. The lowest BCUT2D eigenvalue weighted by Crippen LogP contribution is -2.27. The van der Waals surface area contributed by atoms with Gasteiger partial charge in [0.05, 0.1) is 5.69 Å². The van der Waals surface area contributed by atoms with Crippen molar-refractivity contribution in [3.05, 3.63) is 29.0 Å². The summed E-state index contributed by atoms with van der Waals surface area (Å²) in [6, 6.07) is 3.62. The van der Waals surface area contributed by atoms with Crippen LogP contribution in [0.2, 0.25) is 5.02 Å². The van der Waals surface area contributed by atoms with Crippen LogP contribution < -0.4 is 4.90 Å². The topological polar surface area (TPSA) is 54.5 Å². The Morgan fingerprint density at radius 1 is 1.39 bits per heavy atom. The molecule has 0 N–H and O–H groups in total. The van der Waals surface area contributed by atoms with Crippen LogP contribution in [0.25, 0.3) is 0 Å². The van der Waals surface area contributed by atoms with E-state index >= 15 is 0 Å². The van der Waals surface area contributed by atoms with Gasteiger partial charge in [-0.3, -0.25) is 4.79 Å². The van der Waals surface area contributed by atoms with Crippen LogP contribution in [0.1, 0.15) is 6.42 Å². The minimum absolute atomic E-state index is 0.101. The van der Waals surface area contributed by atoms with Gasteiger partial charge in [0.25, 0.3) is 0 Å². The molecule has 4 nitrogen and oxygen atoms in total. The van der Waals surface area contributed by atoms with Gasteiger partial charge in [-0.05, 0) is 18.2 Å². The van der Waals surface area contributed by atoms with Gasteiger partial charge in [0.1, 0.15) is 11.1 Å². The van der Waals surface area contributed by atoms with Crippen molar-refractivity contribution >= 4 is 33.4 Å². The SMILES string of the molecule is O=C1CC(S(=O)(=O)F)CN1c1ccc(Cl)cc1F. The van der Waals surface area contributed by atoms with Crippen molar-refractivity contribution in [1.29, 1.82) is 0 Å². The zero-order chi connectivity index (χ0) is 13.5. The second kappa shape index (κ2) is 4.47. The Labute approximate surface area is 107 Å². The summed E-state index contributed by atoms with van der Waals surface area (Å²) >= 11 is 5.56. The third-order valence-corrected chi connectivity index (χ3v) is 4.04. The summed E-state index contributed by atoms with van der Waals surface area (Å²) in [6.45, 7) is -0.393.